The molecule has 0 atom stereocenters. The van der Waals surface area contributed by atoms with E-state index < -0.39 is 11.4 Å². The van der Waals surface area contributed by atoms with Gasteiger partial charge in [-0.3, -0.25) is 9.59 Å². The highest BCUT2D eigenvalue weighted by Gasteiger charge is 2.41. The molecule has 4 aromatic rings. The second-order valence-corrected chi connectivity index (χ2v) is 8.99. The Morgan fingerprint density at radius 1 is 1.17 bits per heavy atom. The van der Waals surface area contributed by atoms with Crippen LogP contribution in [0.15, 0.2) is 30.5 Å². The number of piperidine rings is 1. The Balaban J connectivity index is 1.31. The van der Waals surface area contributed by atoms with E-state index in [9.17, 15) is 14.0 Å². The van der Waals surface area contributed by atoms with Gasteiger partial charge in [-0.05, 0) is 70.0 Å². The standard InChI is InChI=1S/C24H27FN8O2/c1-14-11-20-30-31-21(15(2)33(20)32-14)22(34)29-24(6-9-26-10-7-24)23(35)27-8-5-16-13-28-19-4-3-17(25)12-18(16)19/h3-4,11-13,26,28H,5-10H2,1-2H3,(H,27,35)(H,29,34). The van der Waals surface area contributed by atoms with Gasteiger partial charge in [0.1, 0.15) is 11.4 Å². The van der Waals surface area contributed by atoms with Crippen molar-refractivity contribution in [3.8, 4) is 0 Å². The molecule has 1 aliphatic rings. The molecule has 0 spiro atoms. The molecule has 3 aromatic heterocycles. The van der Waals surface area contributed by atoms with E-state index in [-0.39, 0.29) is 17.4 Å². The van der Waals surface area contributed by atoms with Crippen molar-refractivity contribution in [2.24, 2.45) is 0 Å². The third kappa shape index (κ3) is 4.34. The van der Waals surface area contributed by atoms with Crippen LogP contribution in [0.1, 0.15) is 40.3 Å². The Bertz CT molecular complexity index is 1420. The Morgan fingerprint density at radius 2 is 1.97 bits per heavy atom. The number of aromatic amines is 1. The molecule has 1 aliphatic heterocycles. The van der Waals surface area contributed by atoms with Crippen LogP contribution >= 0.6 is 0 Å². The van der Waals surface area contributed by atoms with Gasteiger partial charge in [-0.2, -0.15) is 5.10 Å². The number of hydrogen-bond donors (Lipinski definition) is 4. The molecule has 1 aromatic carbocycles. The summed E-state index contributed by atoms with van der Waals surface area (Å²) in [4.78, 5) is 29.7. The highest BCUT2D eigenvalue weighted by atomic mass is 19.1. The van der Waals surface area contributed by atoms with Crippen LogP contribution in [0.5, 0.6) is 0 Å². The maximum absolute atomic E-state index is 13.7. The van der Waals surface area contributed by atoms with Crippen molar-refractivity contribution < 1.29 is 14.0 Å². The molecule has 1 saturated heterocycles. The maximum Gasteiger partial charge on any atom is 0.274 e. The van der Waals surface area contributed by atoms with Gasteiger partial charge in [-0.15, -0.1) is 10.2 Å². The number of nitrogens with zero attached hydrogens (tertiary/aromatic N) is 4. The number of nitrogens with one attached hydrogen (secondary N) is 4. The fourth-order valence-electron chi connectivity index (χ4n) is 4.66. The number of aromatic nitrogens is 5. The summed E-state index contributed by atoms with van der Waals surface area (Å²) in [6, 6.07) is 6.37. The van der Waals surface area contributed by atoms with Crippen LogP contribution in [-0.4, -0.2) is 61.8 Å². The summed E-state index contributed by atoms with van der Waals surface area (Å²) in [5.41, 5.74) is 2.70. The quantitative estimate of drug-likeness (QED) is 0.333. The number of rotatable bonds is 6. The van der Waals surface area contributed by atoms with Crippen LogP contribution in [0, 0.1) is 19.7 Å². The monoisotopic (exact) mass is 478 g/mol. The normalized spacial score (nSPS) is 15.4. The van der Waals surface area contributed by atoms with Gasteiger partial charge in [0.05, 0.1) is 11.4 Å². The molecule has 182 valence electrons. The number of carbonyl (C=O) groups excluding carboxylic acids is 2. The van der Waals surface area contributed by atoms with Crippen molar-refractivity contribution in [2.45, 2.75) is 38.6 Å². The molecular formula is C24H27FN8O2. The van der Waals surface area contributed by atoms with Gasteiger partial charge in [-0.1, -0.05) is 0 Å². The summed E-state index contributed by atoms with van der Waals surface area (Å²) in [7, 11) is 0. The minimum Gasteiger partial charge on any atom is -0.361 e. The molecule has 0 unspecified atom stereocenters. The second kappa shape index (κ2) is 9.06. The lowest BCUT2D eigenvalue weighted by Crippen LogP contribution is -2.63. The molecule has 1 fully saturated rings. The van der Waals surface area contributed by atoms with Crippen molar-refractivity contribution in [1.29, 1.82) is 0 Å². The Kier molecular flexibility index (Phi) is 5.93. The number of halogens is 1. The number of amides is 2. The van der Waals surface area contributed by atoms with Crippen molar-refractivity contribution in [3.63, 3.8) is 0 Å². The van der Waals surface area contributed by atoms with E-state index in [1.807, 2.05) is 13.1 Å². The van der Waals surface area contributed by atoms with Gasteiger partial charge in [0, 0.05) is 29.7 Å². The molecular weight excluding hydrogens is 451 g/mol. The lowest BCUT2D eigenvalue weighted by molar-refractivity contribution is -0.128. The van der Waals surface area contributed by atoms with Crippen LogP contribution < -0.4 is 16.0 Å². The van der Waals surface area contributed by atoms with Crippen LogP contribution in [-0.2, 0) is 11.2 Å². The van der Waals surface area contributed by atoms with E-state index in [4.69, 9.17) is 0 Å². The smallest absolute Gasteiger partial charge is 0.274 e. The van der Waals surface area contributed by atoms with Crippen LogP contribution in [0.25, 0.3) is 16.6 Å². The third-order valence-electron chi connectivity index (χ3n) is 6.59. The van der Waals surface area contributed by atoms with Crippen molar-refractivity contribution in [3.05, 3.63) is 58.9 Å². The SMILES string of the molecule is Cc1cc2nnc(C(=O)NC3(C(=O)NCCc4c[nH]c5ccc(F)cc45)CCNCC3)c(C)n2n1. The first kappa shape index (κ1) is 22.9. The molecule has 5 rings (SSSR count). The molecule has 0 aliphatic carbocycles. The summed E-state index contributed by atoms with van der Waals surface area (Å²) in [5.74, 6) is -1.02. The van der Waals surface area contributed by atoms with Crippen LogP contribution in [0.3, 0.4) is 0 Å². The first-order valence-corrected chi connectivity index (χ1v) is 11.6. The number of fused-ring (bicyclic) bond motifs is 2. The van der Waals surface area contributed by atoms with Crippen molar-refractivity contribution in [2.75, 3.05) is 19.6 Å². The molecule has 35 heavy (non-hydrogen) atoms. The third-order valence-corrected chi connectivity index (χ3v) is 6.59. The highest BCUT2D eigenvalue weighted by Crippen LogP contribution is 2.22. The van der Waals surface area contributed by atoms with E-state index in [1.165, 1.54) is 12.1 Å². The topological polar surface area (TPSA) is 129 Å². The molecule has 0 bridgehead atoms. The van der Waals surface area contributed by atoms with Gasteiger partial charge in [0.15, 0.2) is 11.3 Å². The lowest BCUT2D eigenvalue weighted by atomic mass is 9.86. The minimum absolute atomic E-state index is 0.132. The zero-order chi connectivity index (χ0) is 24.6. The van der Waals surface area contributed by atoms with Crippen molar-refractivity contribution in [1.82, 2.24) is 40.7 Å². The minimum atomic E-state index is -1.07. The zero-order valence-corrected chi connectivity index (χ0v) is 19.6. The first-order valence-electron chi connectivity index (χ1n) is 11.6. The summed E-state index contributed by atoms with van der Waals surface area (Å²) < 4.78 is 15.3. The number of benzene rings is 1. The average molecular weight is 479 g/mol. The van der Waals surface area contributed by atoms with Gasteiger partial charge < -0.3 is 20.9 Å². The summed E-state index contributed by atoms with van der Waals surface area (Å²) >= 11 is 0. The fourth-order valence-corrected chi connectivity index (χ4v) is 4.66. The highest BCUT2D eigenvalue weighted by molar-refractivity contribution is 5.98. The van der Waals surface area contributed by atoms with E-state index in [0.29, 0.717) is 50.2 Å². The average Bonchev–Trinajstić information content (AvgIpc) is 3.42. The number of H-pyrrole nitrogens is 1. The van der Waals surface area contributed by atoms with Crippen molar-refractivity contribution >= 4 is 28.4 Å². The van der Waals surface area contributed by atoms with Gasteiger partial charge in [0.2, 0.25) is 5.91 Å². The van der Waals surface area contributed by atoms with Crippen LogP contribution in [0.4, 0.5) is 4.39 Å². The number of aryl methyl sites for hydroxylation is 2. The largest absolute Gasteiger partial charge is 0.361 e. The van der Waals surface area contributed by atoms with Gasteiger partial charge >= 0.3 is 0 Å². The van der Waals surface area contributed by atoms with Gasteiger partial charge in [-0.25, -0.2) is 8.91 Å². The van der Waals surface area contributed by atoms with E-state index >= 15 is 0 Å². The second-order valence-electron chi connectivity index (χ2n) is 8.99. The Labute approximate surface area is 200 Å². The zero-order valence-electron chi connectivity index (χ0n) is 19.6. The predicted molar refractivity (Wildman–Crippen MR) is 128 cm³/mol. The molecule has 10 nitrogen and oxygen atoms in total. The Morgan fingerprint density at radius 3 is 2.77 bits per heavy atom. The molecule has 0 radical (unpaired) electrons. The number of carbonyl (C=O) groups is 2. The Hall–Kier alpha value is -3.86. The van der Waals surface area contributed by atoms with Gasteiger partial charge in [0.25, 0.3) is 5.91 Å². The molecule has 4 heterocycles. The molecule has 0 saturated carbocycles. The first-order chi connectivity index (χ1) is 16.9. The summed E-state index contributed by atoms with van der Waals surface area (Å²) in [6.07, 6.45) is 3.24. The number of hydrogen-bond acceptors (Lipinski definition) is 6. The van der Waals surface area contributed by atoms with E-state index in [0.717, 1.165) is 22.2 Å². The summed E-state index contributed by atoms with van der Waals surface area (Å²) in [6.45, 7) is 5.14. The molecule has 11 heteroatoms. The molecule has 2 amide bonds. The van der Waals surface area contributed by atoms with E-state index in [2.05, 4.69) is 36.2 Å². The van der Waals surface area contributed by atoms with E-state index in [1.54, 1.807) is 23.6 Å². The fraction of sp³-hybridized carbons (Fsp3) is 0.375. The lowest BCUT2D eigenvalue weighted by Gasteiger charge is -2.36. The van der Waals surface area contributed by atoms with Crippen LogP contribution in [0.2, 0.25) is 0 Å². The summed E-state index contributed by atoms with van der Waals surface area (Å²) in [5, 5.41) is 22.5. The molecule has 4 N–H and O–H groups in total. The maximum atomic E-state index is 13.7. The predicted octanol–water partition coefficient (Wildman–Crippen LogP) is 1.57.